The van der Waals surface area contributed by atoms with E-state index in [1.807, 2.05) is 0 Å². The number of nitrogens with zero attached hydrogens (tertiary/aromatic N) is 3. The molecule has 4 heteroatoms. The first kappa shape index (κ1) is 20.2. The van der Waals surface area contributed by atoms with Crippen LogP contribution in [0.5, 0.6) is 0 Å². The highest BCUT2D eigenvalue weighted by Crippen LogP contribution is 2.39. The minimum absolute atomic E-state index is 0.114. The van der Waals surface area contributed by atoms with Crippen LogP contribution in [0.15, 0.2) is 30.3 Å². The van der Waals surface area contributed by atoms with Gasteiger partial charge in [0.15, 0.2) is 11.0 Å². The number of hydrogen-bond donors (Lipinski definition) is 0. The van der Waals surface area contributed by atoms with Gasteiger partial charge in [-0.2, -0.15) is 4.40 Å². The molecule has 0 atom stereocenters. The SMILES string of the molecule is CCC1(CC)CCc2cccc3nc(CC4(C)COC4)n4c5cc(C)c(C)cc5[n+]1c4c23. The second-order valence-corrected chi connectivity index (χ2v) is 10.7. The molecule has 1 saturated heterocycles. The lowest BCUT2D eigenvalue weighted by atomic mass is 9.84. The van der Waals surface area contributed by atoms with Crippen LogP contribution in [-0.4, -0.2) is 22.6 Å². The number of aryl methyl sites for hydroxylation is 3. The van der Waals surface area contributed by atoms with E-state index in [2.05, 4.69) is 73.9 Å². The fourth-order valence-corrected chi connectivity index (χ4v) is 6.22. The summed E-state index contributed by atoms with van der Waals surface area (Å²) in [5.74, 6) is 1.17. The first-order chi connectivity index (χ1) is 15.4. The molecule has 0 saturated carbocycles. The number of benzene rings is 2. The molecule has 4 nitrogen and oxygen atoms in total. The Morgan fingerprint density at radius 1 is 1.09 bits per heavy atom. The molecular formula is C28H34N3O+. The lowest BCUT2D eigenvalue weighted by Crippen LogP contribution is -2.55. The Kier molecular flexibility index (Phi) is 4.27. The minimum Gasteiger partial charge on any atom is -0.380 e. The number of ether oxygens (including phenoxy) is 1. The van der Waals surface area contributed by atoms with Crippen molar-refractivity contribution in [2.45, 2.75) is 72.3 Å². The molecule has 6 rings (SSSR count). The monoisotopic (exact) mass is 428 g/mol. The van der Waals surface area contributed by atoms with Gasteiger partial charge in [0.05, 0.1) is 24.1 Å². The average molecular weight is 429 g/mol. The summed E-state index contributed by atoms with van der Waals surface area (Å²) in [6, 6.07) is 11.6. The van der Waals surface area contributed by atoms with Crippen molar-refractivity contribution in [3.63, 3.8) is 0 Å². The predicted octanol–water partition coefficient (Wildman–Crippen LogP) is 5.59. The molecule has 0 unspecified atom stereocenters. The number of imidazole rings is 1. The Morgan fingerprint density at radius 2 is 1.84 bits per heavy atom. The molecule has 32 heavy (non-hydrogen) atoms. The quantitative estimate of drug-likeness (QED) is 0.397. The van der Waals surface area contributed by atoms with Gasteiger partial charge in [0.25, 0.3) is 5.65 Å². The van der Waals surface area contributed by atoms with E-state index < -0.39 is 0 Å². The Labute approximate surface area is 190 Å². The minimum atomic E-state index is 0.114. The highest BCUT2D eigenvalue weighted by Gasteiger charge is 2.43. The highest BCUT2D eigenvalue weighted by molar-refractivity contribution is 5.96. The fraction of sp³-hybridized carbons (Fsp3) is 0.500. The van der Waals surface area contributed by atoms with Crippen LogP contribution < -0.4 is 4.57 Å². The summed E-state index contributed by atoms with van der Waals surface area (Å²) in [6.45, 7) is 13.2. The van der Waals surface area contributed by atoms with Crippen molar-refractivity contribution in [3.05, 3.63) is 52.8 Å². The van der Waals surface area contributed by atoms with Gasteiger partial charge in [-0.1, -0.05) is 32.9 Å². The van der Waals surface area contributed by atoms with E-state index in [1.54, 1.807) is 0 Å². The van der Waals surface area contributed by atoms with Gasteiger partial charge in [0, 0.05) is 11.8 Å². The van der Waals surface area contributed by atoms with Crippen LogP contribution in [0.1, 0.15) is 62.5 Å². The third-order valence-electron chi connectivity index (χ3n) is 8.49. The van der Waals surface area contributed by atoms with Crippen LogP contribution in [0, 0.1) is 19.3 Å². The van der Waals surface area contributed by atoms with Crippen LogP contribution in [0.25, 0.3) is 27.6 Å². The van der Waals surface area contributed by atoms with Crippen molar-refractivity contribution in [3.8, 4) is 0 Å². The Hall–Kier alpha value is -2.46. The maximum atomic E-state index is 5.61. The van der Waals surface area contributed by atoms with E-state index >= 15 is 0 Å². The maximum Gasteiger partial charge on any atom is 0.299 e. The largest absolute Gasteiger partial charge is 0.380 e. The molecule has 1 fully saturated rings. The molecule has 0 bridgehead atoms. The van der Waals surface area contributed by atoms with Crippen LogP contribution in [0.4, 0.5) is 0 Å². The summed E-state index contributed by atoms with van der Waals surface area (Å²) >= 11 is 0. The molecule has 4 aromatic rings. The van der Waals surface area contributed by atoms with Gasteiger partial charge >= 0.3 is 0 Å². The van der Waals surface area contributed by atoms with E-state index in [4.69, 9.17) is 9.72 Å². The van der Waals surface area contributed by atoms with Gasteiger partial charge in [0.2, 0.25) is 5.82 Å². The van der Waals surface area contributed by atoms with Crippen molar-refractivity contribution >= 4 is 27.6 Å². The standard InChI is InChI=1S/C28H34N3O/c1-6-28(7-2)12-11-20-9-8-10-21-25(20)26-30(24(29-21)15-27(5)16-32-17-27)22-13-18(3)19(4)14-23(22)31(26)28/h8-10,13-14H,6-7,11-12,15-17H2,1-5H3/q+1. The molecule has 0 amide bonds. The van der Waals surface area contributed by atoms with E-state index in [0.717, 1.165) is 44.4 Å². The number of fused-ring (bicyclic) bond motifs is 3. The topological polar surface area (TPSA) is 30.4 Å². The first-order valence-corrected chi connectivity index (χ1v) is 12.3. The molecule has 2 aliphatic heterocycles. The highest BCUT2D eigenvalue weighted by atomic mass is 16.5. The van der Waals surface area contributed by atoms with Gasteiger partial charge in [-0.15, -0.1) is 0 Å². The summed E-state index contributed by atoms with van der Waals surface area (Å²) in [7, 11) is 0. The normalized spacial score (nSPS) is 19.0. The smallest absolute Gasteiger partial charge is 0.299 e. The predicted molar refractivity (Wildman–Crippen MR) is 129 cm³/mol. The second kappa shape index (κ2) is 6.77. The van der Waals surface area contributed by atoms with Crippen LogP contribution in [0.2, 0.25) is 0 Å². The van der Waals surface area contributed by atoms with Gasteiger partial charge in [-0.25, -0.2) is 9.55 Å². The van der Waals surface area contributed by atoms with Crippen molar-refractivity contribution in [1.29, 1.82) is 0 Å². The molecule has 2 aromatic heterocycles. The van der Waals surface area contributed by atoms with E-state index in [9.17, 15) is 0 Å². The number of aromatic nitrogens is 3. The van der Waals surface area contributed by atoms with Crippen molar-refractivity contribution in [1.82, 2.24) is 9.38 Å². The zero-order chi connectivity index (χ0) is 22.3. The van der Waals surface area contributed by atoms with Crippen LogP contribution in [0.3, 0.4) is 0 Å². The number of hydrogen-bond acceptors (Lipinski definition) is 2. The summed E-state index contributed by atoms with van der Waals surface area (Å²) in [6.07, 6.45) is 5.48. The molecule has 166 valence electrons. The van der Waals surface area contributed by atoms with Gasteiger partial charge in [0.1, 0.15) is 5.54 Å². The molecule has 0 aliphatic carbocycles. The summed E-state index contributed by atoms with van der Waals surface area (Å²) in [5.41, 5.74) is 9.59. The zero-order valence-electron chi connectivity index (χ0n) is 20.1. The third kappa shape index (κ3) is 2.59. The summed E-state index contributed by atoms with van der Waals surface area (Å²) < 4.78 is 10.9. The van der Waals surface area contributed by atoms with E-state index in [0.29, 0.717) is 0 Å². The molecule has 2 aliphatic rings. The van der Waals surface area contributed by atoms with Gasteiger partial charge in [-0.3, -0.25) is 0 Å². The molecule has 0 radical (unpaired) electrons. The lowest BCUT2D eigenvalue weighted by molar-refractivity contribution is -0.721. The molecule has 0 N–H and O–H groups in total. The Morgan fingerprint density at radius 3 is 2.53 bits per heavy atom. The third-order valence-corrected chi connectivity index (χ3v) is 8.49. The average Bonchev–Trinajstić information content (AvgIpc) is 3.00. The number of rotatable bonds is 4. The summed E-state index contributed by atoms with van der Waals surface area (Å²) in [5, 5.41) is 1.35. The molecule has 4 heterocycles. The first-order valence-electron chi connectivity index (χ1n) is 12.3. The van der Waals surface area contributed by atoms with Crippen molar-refractivity contribution in [2.75, 3.05) is 13.2 Å². The molecule has 2 aromatic carbocycles. The Bertz CT molecular complexity index is 1390. The van der Waals surface area contributed by atoms with Gasteiger partial charge < -0.3 is 4.74 Å². The second-order valence-electron chi connectivity index (χ2n) is 10.7. The maximum absolute atomic E-state index is 5.61. The Balaban J connectivity index is 1.86. The van der Waals surface area contributed by atoms with Gasteiger partial charge in [-0.05, 0) is 74.4 Å². The molecular weight excluding hydrogens is 394 g/mol. The fourth-order valence-electron chi connectivity index (χ4n) is 6.22. The zero-order valence-corrected chi connectivity index (χ0v) is 20.1. The summed E-state index contributed by atoms with van der Waals surface area (Å²) in [4.78, 5) is 5.32. The van der Waals surface area contributed by atoms with E-state index in [-0.39, 0.29) is 11.0 Å². The lowest BCUT2D eigenvalue weighted by Gasteiger charge is -2.37. The molecule has 0 spiro atoms. The van der Waals surface area contributed by atoms with Crippen molar-refractivity contribution in [2.24, 2.45) is 5.41 Å². The van der Waals surface area contributed by atoms with E-state index in [1.165, 1.54) is 51.0 Å². The van der Waals surface area contributed by atoms with Crippen molar-refractivity contribution < 1.29 is 9.30 Å². The van der Waals surface area contributed by atoms with Crippen LogP contribution >= 0.6 is 0 Å². The van der Waals surface area contributed by atoms with Crippen LogP contribution in [-0.2, 0) is 23.1 Å².